The Morgan fingerprint density at radius 1 is 0.846 bits per heavy atom. The summed E-state index contributed by atoms with van der Waals surface area (Å²) in [5, 5.41) is 12.4. The lowest BCUT2D eigenvalue weighted by Crippen LogP contribution is -2.32. The van der Waals surface area contributed by atoms with E-state index >= 15 is 0 Å². The fraction of sp³-hybridized carbons (Fsp3) is 0.357. The molecule has 9 nitrogen and oxygen atoms in total. The van der Waals surface area contributed by atoms with Crippen LogP contribution in [-0.4, -0.2) is 66.0 Å². The van der Waals surface area contributed by atoms with Gasteiger partial charge in [0.1, 0.15) is 39.6 Å². The van der Waals surface area contributed by atoms with Gasteiger partial charge in [0.05, 0.1) is 32.4 Å². The highest BCUT2D eigenvalue weighted by Crippen LogP contribution is 2.26. The molecule has 0 fully saturated rings. The number of nitrogens with zero attached hydrogens (tertiary/aromatic N) is 2. The molecule has 0 radical (unpaired) electrons. The van der Waals surface area contributed by atoms with E-state index in [0.717, 1.165) is 28.5 Å². The number of anilines is 2. The number of hydrogen-bond donors (Lipinski definition) is 4. The van der Waals surface area contributed by atoms with Crippen molar-refractivity contribution in [2.45, 2.75) is 34.6 Å². The van der Waals surface area contributed by atoms with Gasteiger partial charge >= 0.3 is 0 Å². The van der Waals surface area contributed by atoms with E-state index in [2.05, 4.69) is 15.8 Å². The Hall–Kier alpha value is -3.70. The van der Waals surface area contributed by atoms with Crippen molar-refractivity contribution in [1.29, 1.82) is 0 Å². The van der Waals surface area contributed by atoms with Crippen LogP contribution in [0.15, 0.2) is 48.5 Å². The van der Waals surface area contributed by atoms with Crippen molar-refractivity contribution in [2.75, 3.05) is 46.3 Å². The molecule has 0 bridgehead atoms. The van der Waals surface area contributed by atoms with Gasteiger partial charge in [-0.05, 0) is 61.0 Å². The predicted octanol–water partition coefficient (Wildman–Crippen LogP) is 6.64. The smallest absolute Gasteiger partial charge is 0.131 e. The van der Waals surface area contributed by atoms with Gasteiger partial charge in [-0.3, -0.25) is 20.9 Å². The predicted molar refractivity (Wildman–Crippen MR) is 171 cm³/mol. The van der Waals surface area contributed by atoms with Crippen LogP contribution in [0.4, 0.5) is 11.6 Å². The number of aryl methyl sites for hydroxylation is 1. The molecule has 1 heterocycles. The van der Waals surface area contributed by atoms with Crippen LogP contribution in [0, 0.1) is 6.92 Å². The molecule has 1 aromatic heterocycles. The Bertz CT molecular complexity index is 1140. The number of aromatic nitrogens is 1. The van der Waals surface area contributed by atoms with Crippen LogP contribution < -0.4 is 25.1 Å². The van der Waals surface area contributed by atoms with Crippen molar-refractivity contribution >= 4 is 46.6 Å². The summed E-state index contributed by atoms with van der Waals surface area (Å²) in [5.41, 5.74) is 9.47. The van der Waals surface area contributed by atoms with Gasteiger partial charge in [-0.2, -0.15) is 0 Å². The lowest BCUT2D eigenvalue weighted by Gasteiger charge is -2.23. The van der Waals surface area contributed by atoms with Gasteiger partial charge in [-0.1, -0.05) is 52.1 Å². The highest BCUT2D eigenvalue weighted by Gasteiger charge is 2.15. The Morgan fingerprint density at radius 3 is 1.92 bits per heavy atom. The van der Waals surface area contributed by atoms with Crippen LogP contribution in [0.25, 0.3) is 0 Å². The number of rotatable bonds is 9. The first-order valence-corrected chi connectivity index (χ1v) is 13.3. The molecule has 0 saturated carbocycles. The van der Waals surface area contributed by atoms with Crippen molar-refractivity contribution in [1.82, 2.24) is 15.0 Å². The average molecular weight is 578 g/mol. The van der Waals surface area contributed by atoms with Gasteiger partial charge in [0.25, 0.3) is 0 Å². The SMILES string of the molecule is CC.CC.COc1ccc(O)cc1C.COc1ccc(OC)c(C(=S)N(C)Nc2ccc(NN(C)C=S)[nH]2)c1. The summed E-state index contributed by atoms with van der Waals surface area (Å²) in [5.74, 6) is 4.03. The number of thiocarbonyl (C=S) groups is 2. The van der Waals surface area contributed by atoms with Crippen LogP contribution in [0.5, 0.6) is 23.0 Å². The first-order chi connectivity index (χ1) is 18.7. The van der Waals surface area contributed by atoms with E-state index in [1.165, 1.54) is 5.49 Å². The number of nitrogens with one attached hydrogen (secondary N) is 3. The number of phenols is 1. The molecule has 3 rings (SSSR count). The Balaban J connectivity index is 0.000000857. The molecule has 0 aliphatic heterocycles. The number of hydrogen-bond acceptors (Lipinski definition) is 8. The van der Waals surface area contributed by atoms with Crippen molar-refractivity contribution in [3.05, 3.63) is 59.7 Å². The lowest BCUT2D eigenvalue weighted by molar-refractivity contribution is 0.401. The molecule has 39 heavy (non-hydrogen) atoms. The summed E-state index contributed by atoms with van der Waals surface area (Å²) in [6, 6.07) is 14.3. The quantitative estimate of drug-likeness (QED) is 0.164. The van der Waals surface area contributed by atoms with Crippen molar-refractivity contribution in [2.24, 2.45) is 0 Å². The summed E-state index contributed by atoms with van der Waals surface area (Å²) in [6.07, 6.45) is 0. The highest BCUT2D eigenvalue weighted by atomic mass is 32.1. The number of benzene rings is 2. The molecule has 4 N–H and O–H groups in total. The maximum absolute atomic E-state index is 8.98. The largest absolute Gasteiger partial charge is 0.508 e. The molecule has 0 aliphatic rings. The van der Waals surface area contributed by atoms with E-state index < -0.39 is 0 Å². The molecule has 0 spiro atoms. The lowest BCUT2D eigenvalue weighted by atomic mass is 10.2. The molecule has 2 aromatic carbocycles. The minimum Gasteiger partial charge on any atom is -0.508 e. The van der Waals surface area contributed by atoms with Crippen LogP contribution in [0.2, 0.25) is 0 Å². The van der Waals surface area contributed by atoms with E-state index in [-0.39, 0.29) is 5.75 Å². The fourth-order valence-electron chi connectivity index (χ4n) is 3.00. The summed E-state index contributed by atoms with van der Waals surface area (Å²) >= 11 is 10.4. The maximum atomic E-state index is 8.98. The summed E-state index contributed by atoms with van der Waals surface area (Å²) < 4.78 is 15.6. The molecular formula is C28H43N5O4S2. The molecule has 216 valence electrons. The van der Waals surface area contributed by atoms with Gasteiger partial charge in [-0.15, -0.1) is 0 Å². The zero-order valence-electron chi connectivity index (χ0n) is 24.6. The normalized spacial score (nSPS) is 9.08. The number of phenolic OH excluding ortho intramolecular Hbond substituents is 1. The molecular weight excluding hydrogens is 534 g/mol. The number of hydrazine groups is 2. The van der Waals surface area contributed by atoms with Crippen LogP contribution in [0.1, 0.15) is 38.8 Å². The Morgan fingerprint density at radius 2 is 1.41 bits per heavy atom. The van der Waals surface area contributed by atoms with E-state index in [0.29, 0.717) is 16.5 Å². The van der Waals surface area contributed by atoms with Gasteiger partial charge in [0, 0.05) is 14.1 Å². The molecule has 0 amide bonds. The third-order valence-electron chi connectivity index (χ3n) is 4.75. The first-order valence-electron chi connectivity index (χ1n) is 12.5. The zero-order chi connectivity index (χ0) is 30.0. The molecule has 0 saturated heterocycles. The van der Waals surface area contributed by atoms with Crippen LogP contribution in [-0.2, 0) is 0 Å². The van der Waals surface area contributed by atoms with Gasteiger partial charge < -0.3 is 24.3 Å². The van der Waals surface area contributed by atoms with Crippen LogP contribution >= 0.6 is 24.4 Å². The number of methoxy groups -OCH3 is 3. The molecule has 0 atom stereocenters. The zero-order valence-corrected chi connectivity index (χ0v) is 26.2. The number of ether oxygens (including phenoxy) is 3. The minimum atomic E-state index is 0.276. The molecule has 3 aromatic rings. The van der Waals surface area contributed by atoms with E-state index in [9.17, 15) is 0 Å². The maximum Gasteiger partial charge on any atom is 0.131 e. The molecule has 0 aliphatic carbocycles. The fourth-order valence-corrected chi connectivity index (χ4v) is 3.26. The summed E-state index contributed by atoms with van der Waals surface area (Å²) in [6.45, 7) is 9.89. The average Bonchev–Trinajstić information content (AvgIpc) is 3.40. The molecule has 0 unspecified atom stereocenters. The summed E-state index contributed by atoms with van der Waals surface area (Å²) in [4.78, 5) is 3.74. The van der Waals surface area contributed by atoms with Crippen LogP contribution in [0.3, 0.4) is 0 Å². The third-order valence-corrected chi connectivity index (χ3v) is 5.56. The topological polar surface area (TPSA) is 94.2 Å². The monoisotopic (exact) mass is 577 g/mol. The van der Waals surface area contributed by atoms with Gasteiger partial charge in [-0.25, -0.2) is 0 Å². The van der Waals surface area contributed by atoms with Crippen molar-refractivity contribution in [3.63, 3.8) is 0 Å². The Kier molecular flexibility index (Phi) is 17.5. The second-order valence-corrected chi connectivity index (χ2v) is 7.91. The third kappa shape index (κ3) is 11.7. The second-order valence-electron chi connectivity index (χ2n) is 7.31. The van der Waals surface area contributed by atoms with E-state index in [1.807, 2.05) is 79.0 Å². The molecule has 11 heteroatoms. The van der Waals surface area contributed by atoms with Crippen molar-refractivity contribution < 1.29 is 19.3 Å². The van der Waals surface area contributed by atoms with Crippen molar-refractivity contribution in [3.8, 4) is 23.0 Å². The van der Waals surface area contributed by atoms with Gasteiger partial charge in [0.15, 0.2) is 0 Å². The number of H-pyrrole nitrogens is 1. The number of aromatic amines is 1. The second kappa shape index (κ2) is 19.4. The minimum absolute atomic E-state index is 0.276. The highest BCUT2D eigenvalue weighted by molar-refractivity contribution is 7.80. The first kappa shape index (κ1) is 35.3. The van der Waals surface area contributed by atoms with E-state index in [1.54, 1.807) is 49.5 Å². The number of aromatic hydroxyl groups is 1. The Labute approximate surface area is 244 Å². The van der Waals surface area contributed by atoms with E-state index in [4.69, 9.17) is 43.8 Å². The standard InChI is InChI=1S/C16H21N5O2S2.C8H10O2.2C2H6/c1-20(10-24)18-14-7-8-15(17-14)19-21(2)16(25)12-9-11(22-3)5-6-13(12)23-4;1-6-5-7(9)3-4-8(6)10-2;2*1-2/h5-10,17-19H,1-4H3;3-5,9H,1-2H3;2*1-2H3. The van der Waals surface area contributed by atoms with Gasteiger partial charge in [0.2, 0.25) is 0 Å². The summed E-state index contributed by atoms with van der Waals surface area (Å²) in [7, 11) is 8.48.